The van der Waals surface area contributed by atoms with Crippen LogP contribution in [0.25, 0.3) is 0 Å². The van der Waals surface area contributed by atoms with Gasteiger partial charge in [-0.2, -0.15) is 0 Å². The van der Waals surface area contributed by atoms with E-state index in [1.54, 1.807) is 0 Å². The number of hydrogen-bond acceptors (Lipinski definition) is 6. The van der Waals surface area contributed by atoms with Crippen LogP contribution in [0.4, 0.5) is 0 Å². The second-order valence-corrected chi connectivity index (χ2v) is 16.4. The third-order valence-electron chi connectivity index (χ3n) is 10.6. The molecular formula is C52H92O6. The summed E-state index contributed by atoms with van der Waals surface area (Å²) < 4.78 is 16.7. The lowest BCUT2D eigenvalue weighted by atomic mass is 10.0. The molecule has 0 N–H and O–H groups in total. The van der Waals surface area contributed by atoms with E-state index in [2.05, 4.69) is 69.4 Å². The maximum atomic E-state index is 12.7. The van der Waals surface area contributed by atoms with Crippen LogP contribution in [0.5, 0.6) is 0 Å². The minimum absolute atomic E-state index is 0.0866. The molecule has 0 heterocycles. The summed E-state index contributed by atoms with van der Waals surface area (Å²) in [6.45, 7) is 6.55. The van der Waals surface area contributed by atoms with E-state index in [0.717, 1.165) is 83.5 Å². The highest BCUT2D eigenvalue weighted by molar-refractivity contribution is 5.71. The van der Waals surface area contributed by atoms with Gasteiger partial charge in [0.1, 0.15) is 13.2 Å². The smallest absolute Gasteiger partial charge is 0.306 e. The van der Waals surface area contributed by atoms with Gasteiger partial charge in [-0.15, -0.1) is 0 Å². The predicted molar refractivity (Wildman–Crippen MR) is 247 cm³/mol. The van der Waals surface area contributed by atoms with Gasteiger partial charge in [-0.25, -0.2) is 0 Å². The molecule has 336 valence electrons. The highest BCUT2D eigenvalue weighted by Crippen LogP contribution is 2.14. The summed E-state index contributed by atoms with van der Waals surface area (Å²) in [5.74, 6) is -0.932. The summed E-state index contributed by atoms with van der Waals surface area (Å²) in [6, 6.07) is 0. The molecule has 0 aliphatic carbocycles. The van der Waals surface area contributed by atoms with Crippen molar-refractivity contribution in [2.75, 3.05) is 13.2 Å². The molecule has 0 saturated heterocycles. The summed E-state index contributed by atoms with van der Waals surface area (Å²) in [7, 11) is 0. The normalized spacial score (nSPS) is 12.4. The molecule has 0 aliphatic rings. The van der Waals surface area contributed by atoms with Gasteiger partial charge in [-0.1, -0.05) is 191 Å². The Hall–Kier alpha value is -2.63. The molecule has 0 bridgehead atoms. The third kappa shape index (κ3) is 44.5. The van der Waals surface area contributed by atoms with E-state index in [-0.39, 0.29) is 31.1 Å². The SMILES string of the molecule is CCCCC/C=C\C/C=C\C/C=C\CCCCC(=O)OC[C@H](COC(=O)CCCCCCCCCCCCCC)OC(=O)CCCCCCC/C=C\CCCCCC. The molecule has 0 saturated carbocycles. The van der Waals surface area contributed by atoms with Crippen molar-refractivity contribution in [1.29, 1.82) is 0 Å². The van der Waals surface area contributed by atoms with Gasteiger partial charge in [0.15, 0.2) is 6.10 Å². The van der Waals surface area contributed by atoms with Crippen molar-refractivity contribution in [3.63, 3.8) is 0 Å². The number of rotatable bonds is 44. The van der Waals surface area contributed by atoms with Crippen LogP contribution in [0.15, 0.2) is 48.6 Å². The molecule has 0 aromatic carbocycles. The molecule has 0 rings (SSSR count). The number of esters is 3. The van der Waals surface area contributed by atoms with E-state index >= 15 is 0 Å². The fraction of sp³-hybridized carbons (Fsp3) is 0.788. The second kappa shape index (κ2) is 47.1. The number of unbranched alkanes of at least 4 members (excludes halogenated alkanes) is 25. The summed E-state index contributed by atoms with van der Waals surface area (Å²) >= 11 is 0. The summed E-state index contributed by atoms with van der Waals surface area (Å²) in [6.07, 6.45) is 55.2. The molecule has 0 fully saturated rings. The Bertz CT molecular complexity index is 1030. The third-order valence-corrected chi connectivity index (χ3v) is 10.6. The van der Waals surface area contributed by atoms with Gasteiger partial charge in [-0.05, 0) is 83.5 Å². The van der Waals surface area contributed by atoms with E-state index in [1.807, 2.05) is 0 Å². The second-order valence-electron chi connectivity index (χ2n) is 16.4. The number of allylic oxidation sites excluding steroid dienone is 8. The molecule has 6 nitrogen and oxygen atoms in total. The quantitative estimate of drug-likeness (QED) is 0.0264. The van der Waals surface area contributed by atoms with Crippen molar-refractivity contribution >= 4 is 17.9 Å². The summed E-state index contributed by atoms with van der Waals surface area (Å²) in [4.78, 5) is 37.8. The molecule has 0 radical (unpaired) electrons. The zero-order valence-corrected chi connectivity index (χ0v) is 38.3. The Morgan fingerprint density at radius 2 is 0.621 bits per heavy atom. The van der Waals surface area contributed by atoms with Crippen LogP contribution >= 0.6 is 0 Å². The first kappa shape index (κ1) is 55.4. The molecule has 0 aromatic rings. The van der Waals surface area contributed by atoms with Gasteiger partial charge in [0.05, 0.1) is 0 Å². The molecule has 58 heavy (non-hydrogen) atoms. The largest absolute Gasteiger partial charge is 0.462 e. The van der Waals surface area contributed by atoms with Crippen molar-refractivity contribution in [3.05, 3.63) is 48.6 Å². The molecule has 1 atom stereocenters. The van der Waals surface area contributed by atoms with E-state index in [1.165, 1.54) is 122 Å². The highest BCUT2D eigenvalue weighted by Gasteiger charge is 2.19. The molecule has 0 aliphatic heterocycles. The first-order valence-electron chi connectivity index (χ1n) is 24.6. The van der Waals surface area contributed by atoms with E-state index in [9.17, 15) is 14.4 Å². The van der Waals surface area contributed by atoms with Crippen LogP contribution in [0.2, 0.25) is 0 Å². The number of hydrogen-bond donors (Lipinski definition) is 0. The predicted octanol–water partition coefficient (Wildman–Crippen LogP) is 15.9. The fourth-order valence-electron chi connectivity index (χ4n) is 6.80. The molecule has 0 unspecified atom stereocenters. The molecule has 6 heteroatoms. The minimum Gasteiger partial charge on any atom is -0.462 e. The fourth-order valence-corrected chi connectivity index (χ4v) is 6.80. The Balaban J connectivity index is 4.44. The molecule has 0 aromatic heterocycles. The number of ether oxygens (including phenoxy) is 3. The van der Waals surface area contributed by atoms with Gasteiger partial charge < -0.3 is 14.2 Å². The van der Waals surface area contributed by atoms with Crippen LogP contribution in [-0.4, -0.2) is 37.2 Å². The van der Waals surface area contributed by atoms with Crippen molar-refractivity contribution in [3.8, 4) is 0 Å². The zero-order chi connectivity index (χ0) is 42.3. The van der Waals surface area contributed by atoms with Crippen LogP contribution in [0.3, 0.4) is 0 Å². The lowest BCUT2D eigenvalue weighted by molar-refractivity contribution is -0.167. The van der Waals surface area contributed by atoms with E-state index in [4.69, 9.17) is 14.2 Å². The van der Waals surface area contributed by atoms with Crippen LogP contribution in [0.1, 0.15) is 245 Å². The van der Waals surface area contributed by atoms with Crippen molar-refractivity contribution in [2.45, 2.75) is 252 Å². The topological polar surface area (TPSA) is 78.9 Å². The number of carbonyl (C=O) groups is 3. The first-order chi connectivity index (χ1) is 28.5. The van der Waals surface area contributed by atoms with Crippen molar-refractivity contribution in [2.24, 2.45) is 0 Å². The lowest BCUT2D eigenvalue weighted by Crippen LogP contribution is -2.30. The average molecular weight is 813 g/mol. The zero-order valence-electron chi connectivity index (χ0n) is 38.3. The van der Waals surface area contributed by atoms with Crippen molar-refractivity contribution in [1.82, 2.24) is 0 Å². The summed E-state index contributed by atoms with van der Waals surface area (Å²) in [5, 5.41) is 0. The Morgan fingerprint density at radius 1 is 0.345 bits per heavy atom. The standard InChI is InChI=1S/C52H92O6/c1-4-7-10-13-16-19-22-25-26-28-30-33-36-39-42-45-51(54)57-48-49(47-56-50(53)44-41-38-35-32-29-24-21-18-15-12-9-6-3)58-52(55)46-43-40-37-34-31-27-23-20-17-14-11-8-5-2/h16,19-20,23,25-26,30,33,49H,4-15,17-18,21-22,24,27-29,31-32,34-48H2,1-3H3/b19-16-,23-20-,26-25-,33-30-/t49-/m0/s1. The lowest BCUT2D eigenvalue weighted by Gasteiger charge is -2.18. The van der Waals surface area contributed by atoms with Gasteiger partial charge in [-0.3, -0.25) is 14.4 Å². The molecule has 0 spiro atoms. The van der Waals surface area contributed by atoms with E-state index < -0.39 is 6.10 Å². The van der Waals surface area contributed by atoms with Gasteiger partial charge in [0, 0.05) is 19.3 Å². The maximum absolute atomic E-state index is 12.7. The average Bonchev–Trinajstić information content (AvgIpc) is 3.22. The van der Waals surface area contributed by atoms with E-state index in [0.29, 0.717) is 19.3 Å². The van der Waals surface area contributed by atoms with Crippen molar-refractivity contribution < 1.29 is 28.6 Å². The van der Waals surface area contributed by atoms with Gasteiger partial charge >= 0.3 is 17.9 Å². The molecular weight excluding hydrogens is 721 g/mol. The Morgan fingerprint density at radius 3 is 1.07 bits per heavy atom. The van der Waals surface area contributed by atoms with Crippen LogP contribution in [-0.2, 0) is 28.6 Å². The Kier molecular flexibility index (Phi) is 44.9. The van der Waals surface area contributed by atoms with Crippen LogP contribution in [0, 0.1) is 0 Å². The summed E-state index contributed by atoms with van der Waals surface area (Å²) in [5.41, 5.74) is 0. The van der Waals surface area contributed by atoms with Gasteiger partial charge in [0.25, 0.3) is 0 Å². The first-order valence-corrected chi connectivity index (χ1v) is 24.6. The maximum Gasteiger partial charge on any atom is 0.306 e. The van der Waals surface area contributed by atoms with Crippen LogP contribution < -0.4 is 0 Å². The minimum atomic E-state index is -0.788. The number of carbonyl (C=O) groups excluding carboxylic acids is 3. The monoisotopic (exact) mass is 813 g/mol. The molecule has 0 amide bonds. The Labute approximate surface area is 358 Å². The van der Waals surface area contributed by atoms with Gasteiger partial charge in [0.2, 0.25) is 0 Å². The highest BCUT2D eigenvalue weighted by atomic mass is 16.6.